The van der Waals surface area contributed by atoms with Crippen molar-refractivity contribution in [2.45, 2.75) is 47.0 Å². The van der Waals surface area contributed by atoms with Gasteiger partial charge in [-0.25, -0.2) is 4.85 Å². The molecule has 0 saturated carbocycles. The Morgan fingerprint density at radius 2 is 2.03 bits per heavy atom. The SMILES string of the molecule is [B]C.[C-]#[N+]c1c(C)c(N=Nc2cccc(Oc3n[c-]nc(=NCCCC)[nH]3)c2)c(=O)n(CC)c1O.[Y]. The van der Waals surface area contributed by atoms with Crippen molar-refractivity contribution in [3.63, 3.8) is 0 Å². The van der Waals surface area contributed by atoms with Gasteiger partial charge in [-0.15, -0.1) is 5.11 Å². The maximum Gasteiger partial charge on any atom is 0.279 e. The van der Waals surface area contributed by atoms with Crippen LogP contribution in [0.15, 0.2) is 44.3 Å². The molecule has 0 atom stereocenters. The molecule has 13 heteroatoms. The predicted molar refractivity (Wildman–Crippen MR) is 132 cm³/mol. The van der Waals surface area contributed by atoms with E-state index in [4.69, 9.17) is 11.3 Å². The number of aromatic hydroxyl groups is 1. The van der Waals surface area contributed by atoms with Crippen molar-refractivity contribution in [3.8, 4) is 17.6 Å². The van der Waals surface area contributed by atoms with Gasteiger partial charge < -0.3 is 29.8 Å². The Hall–Kier alpha value is -3.16. The van der Waals surface area contributed by atoms with Crippen LogP contribution in [0.3, 0.4) is 0 Å². The first-order valence-corrected chi connectivity index (χ1v) is 10.9. The molecule has 0 amide bonds. The second-order valence-corrected chi connectivity index (χ2v) is 6.92. The molecule has 3 aromatic rings. The minimum atomic E-state index is -0.526. The maximum absolute atomic E-state index is 12.7. The summed E-state index contributed by atoms with van der Waals surface area (Å²) >= 11 is 0. The first kappa shape index (κ1) is 30.9. The van der Waals surface area contributed by atoms with E-state index in [0.717, 1.165) is 17.4 Å². The van der Waals surface area contributed by atoms with Crippen LogP contribution >= 0.6 is 0 Å². The number of unbranched alkanes of at least 4 members (excludes halogenated alkanes) is 1. The molecule has 0 aliphatic heterocycles. The third-order valence-corrected chi connectivity index (χ3v) is 4.65. The summed E-state index contributed by atoms with van der Waals surface area (Å²) in [6.07, 6.45) is 4.48. The van der Waals surface area contributed by atoms with Gasteiger partial charge in [0.1, 0.15) is 17.1 Å². The third kappa shape index (κ3) is 7.93. The number of hydrogen-bond acceptors (Lipinski definition) is 8. The van der Waals surface area contributed by atoms with Gasteiger partial charge in [0.2, 0.25) is 5.69 Å². The van der Waals surface area contributed by atoms with Crippen molar-refractivity contribution < 1.29 is 42.6 Å². The van der Waals surface area contributed by atoms with Crippen LogP contribution < -0.4 is 15.9 Å². The van der Waals surface area contributed by atoms with Crippen molar-refractivity contribution in [2.75, 3.05) is 6.54 Å². The molecule has 0 spiro atoms. The Morgan fingerprint density at radius 3 is 2.69 bits per heavy atom. The van der Waals surface area contributed by atoms with Crippen molar-refractivity contribution in [3.05, 3.63) is 63.5 Å². The maximum atomic E-state index is 12.7. The molecule has 3 radical (unpaired) electrons. The van der Waals surface area contributed by atoms with Gasteiger partial charge in [-0.1, -0.05) is 26.2 Å². The van der Waals surface area contributed by atoms with E-state index >= 15 is 0 Å². The fraction of sp³-hybridized carbons (Fsp3) is 0.348. The molecule has 1 aromatic carbocycles. The van der Waals surface area contributed by atoms with Gasteiger partial charge in [0.15, 0.2) is 11.9 Å². The van der Waals surface area contributed by atoms with E-state index in [1.54, 1.807) is 38.1 Å². The normalized spacial score (nSPS) is 10.8. The summed E-state index contributed by atoms with van der Waals surface area (Å²) in [6, 6.07) is 6.87. The van der Waals surface area contributed by atoms with Crippen molar-refractivity contribution in [2.24, 2.45) is 15.2 Å². The summed E-state index contributed by atoms with van der Waals surface area (Å²) in [5, 5.41) is 18.3. The van der Waals surface area contributed by atoms with Gasteiger partial charge in [0, 0.05) is 58.2 Å². The number of nitrogens with zero attached hydrogens (tertiary/aromatic N) is 7. The summed E-state index contributed by atoms with van der Waals surface area (Å²) in [5.74, 6) is 0.0487. The Labute approximate surface area is 235 Å². The average molecular weight is 562 g/mol. The molecular formula is C23H26BN8O3Y-. The number of rotatable bonds is 8. The van der Waals surface area contributed by atoms with Crippen molar-refractivity contribution in [1.29, 1.82) is 0 Å². The fourth-order valence-electron chi connectivity index (χ4n) is 2.90. The van der Waals surface area contributed by atoms with E-state index in [-0.39, 0.29) is 68.1 Å². The Kier molecular flexibility index (Phi) is 13.5. The zero-order valence-electron chi connectivity index (χ0n) is 20.7. The van der Waals surface area contributed by atoms with E-state index in [9.17, 15) is 9.90 Å². The summed E-state index contributed by atoms with van der Waals surface area (Å²) in [6.45, 7) is 14.9. The predicted octanol–water partition coefficient (Wildman–Crippen LogP) is 4.46. The van der Waals surface area contributed by atoms with Crippen molar-refractivity contribution >= 4 is 24.9 Å². The largest absolute Gasteiger partial charge is 0.503 e. The number of aromatic nitrogens is 4. The number of aromatic amines is 1. The number of pyridine rings is 1. The van der Waals surface area contributed by atoms with Crippen LogP contribution in [0.1, 0.15) is 32.3 Å². The molecule has 3 rings (SSSR count). The fourth-order valence-corrected chi connectivity index (χ4v) is 2.90. The summed E-state index contributed by atoms with van der Waals surface area (Å²) in [4.78, 5) is 31.0. The molecule has 2 N–H and O–H groups in total. The summed E-state index contributed by atoms with van der Waals surface area (Å²) < 4.78 is 6.80. The average Bonchev–Trinajstić information content (AvgIpc) is 2.86. The first-order chi connectivity index (χ1) is 17.0. The molecule has 36 heavy (non-hydrogen) atoms. The quantitative estimate of drug-likeness (QED) is 0.181. The molecule has 0 fully saturated rings. The topological polar surface area (TPSA) is 134 Å². The van der Waals surface area contributed by atoms with Crippen LogP contribution in [0.2, 0.25) is 6.82 Å². The number of benzene rings is 1. The Bertz CT molecular complexity index is 1350. The number of hydrogen-bond donors (Lipinski definition) is 2. The molecule has 0 saturated heterocycles. The summed E-state index contributed by atoms with van der Waals surface area (Å²) in [5.41, 5.74) is 0.482. The molecule has 2 aromatic heterocycles. The van der Waals surface area contributed by atoms with Gasteiger partial charge in [-0.3, -0.25) is 9.36 Å². The minimum absolute atomic E-state index is 0. The monoisotopic (exact) mass is 562 g/mol. The van der Waals surface area contributed by atoms with Gasteiger partial charge in [0.05, 0.1) is 20.1 Å². The van der Waals surface area contributed by atoms with Crippen LogP contribution in [0.4, 0.5) is 17.1 Å². The van der Waals surface area contributed by atoms with Crippen LogP contribution in [-0.2, 0) is 39.3 Å². The van der Waals surface area contributed by atoms with E-state index < -0.39 is 5.56 Å². The molecule has 2 heterocycles. The molecule has 0 aliphatic rings. The summed E-state index contributed by atoms with van der Waals surface area (Å²) in [7, 11) is 4.50. The zero-order valence-corrected chi connectivity index (χ0v) is 23.5. The van der Waals surface area contributed by atoms with Crippen LogP contribution in [0, 0.1) is 19.8 Å². The number of azo groups is 1. The van der Waals surface area contributed by atoms with Gasteiger partial charge in [-0.05, 0) is 38.0 Å². The first-order valence-electron chi connectivity index (χ1n) is 10.9. The smallest absolute Gasteiger partial charge is 0.279 e. The van der Waals surface area contributed by atoms with Gasteiger partial charge >= 0.3 is 0 Å². The third-order valence-electron chi connectivity index (χ3n) is 4.65. The molecular weight excluding hydrogens is 536 g/mol. The Morgan fingerprint density at radius 1 is 1.28 bits per heavy atom. The number of nitrogens with one attached hydrogen (secondary N) is 1. The van der Waals surface area contributed by atoms with E-state index in [2.05, 4.69) is 56.1 Å². The van der Waals surface area contributed by atoms with E-state index in [1.165, 1.54) is 6.82 Å². The number of H-pyrrole nitrogens is 1. The van der Waals surface area contributed by atoms with Gasteiger partial charge in [-0.2, -0.15) is 5.11 Å². The van der Waals surface area contributed by atoms with E-state index in [0.29, 0.717) is 23.6 Å². The van der Waals surface area contributed by atoms with Crippen LogP contribution in [0.25, 0.3) is 4.85 Å². The number of ether oxygens (including phenoxy) is 1. The van der Waals surface area contributed by atoms with E-state index in [1.807, 2.05) is 0 Å². The molecule has 0 bridgehead atoms. The van der Waals surface area contributed by atoms with Crippen LogP contribution in [0.5, 0.6) is 17.6 Å². The minimum Gasteiger partial charge on any atom is -0.503 e. The zero-order chi connectivity index (χ0) is 25.8. The van der Waals surface area contributed by atoms with Gasteiger partial charge in [0.25, 0.3) is 5.56 Å². The van der Waals surface area contributed by atoms with Crippen molar-refractivity contribution in [1.82, 2.24) is 19.5 Å². The standard InChI is InChI=1S/C22H23N8O3.CH3B.Y/c1-5-7-11-24-21-25-13-26-22(27-21)33-16-10-8-9-15(12-16)28-29-18-14(3)17(23-4)19(31)30(6-2)20(18)32;1-2;/h8-10,12,31H,5-7,11H2,1-3H3,(H,24,25,26,27);1H3;/q-1;;. The second-order valence-electron chi connectivity index (χ2n) is 6.92. The molecule has 11 nitrogen and oxygen atoms in total. The molecule has 183 valence electrons. The second kappa shape index (κ2) is 15.8. The van der Waals surface area contributed by atoms with Crippen LogP contribution in [-0.4, -0.2) is 39.0 Å². The molecule has 0 unspecified atom stereocenters. The molecule has 0 aliphatic carbocycles. The Balaban J connectivity index is 0.00000211.